The summed E-state index contributed by atoms with van der Waals surface area (Å²) in [6.45, 7) is 2.53. The number of benzene rings is 1. The molecule has 0 bridgehead atoms. The highest BCUT2D eigenvalue weighted by atomic mass is 32.1. The van der Waals surface area contributed by atoms with Gasteiger partial charge < -0.3 is 10.1 Å². The van der Waals surface area contributed by atoms with E-state index >= 15 is 0 Å². The highest BCUT2D eigenvalue weighted by Crippen LogP contribution is 2.26. The minimum atomic E-state index is 0.0449. The average molecular weight is 353 g/mol. The summed E-state index contributed by atoms with van der Waals surface area (Å²) < 4.78 is 1.81. The molecule has 0 saturated heterocycles. The quantitative estimate of drug-likeness (QED) is 0.558. The second-order valence-electron chi connectivity index (χ2n) is 5.91. The Balaban J connectivity index is 1.66. The number of aromatic nitrogens is 5. The van der Waals surface area contributed by atoms with Crippen molar-refractivity contribution < 1.29 is 5.11 Å². The normalized spacial score (nSPS) is 11.4. The molecule has 1 aromatic carbocycles. The Morgan fingerprint density at radius 3 is 2.92 bits per heavy atom. The number of nitrogens with one attached hydrogen (secondary N) is 1. The molecular formula is C18H19N5OS. The molecule has 0 aliphatic carbocycles. The fourth-order valence-corrected chi connectivity index (χ4v) is 3.78. The number of aliphatic hydroxyl groups is 1. The summed E-state index contributed by atoms with van der Waals surface area (Å²) in [4.78, 5) is 13.6. The van der Waals surface area contributed by atoms with E-state index in [0.29, 0.717) is 12.4 Å². The molecule has 0 amide bonds. The van der Waals surface area contributed by atoms with E-state index in [-0.39, 0.29) is 6.61 Å². The van der Waals surface area contributed by atoms with Gasteiger partial charge >= 0.3 is 0 Å². The summed E-state index contributed by atoms with van der Waals surface area (Å²) in [5.41, 5.74) is 5.01. The molecule has 0 unspecified atom stereocenters. The van der Waals surface area contributed by atoms with E-state index < -0.39 is 0 Å². The number of H-pyrrole nitrogens is 1. The molecule has 3 aromatic heterocycles. The number of hydrogen-bond acceptors (Lipinski definition) is 5. The Morgan fingerprint density at radius 1 is 1.24 bits per heavy atom. The van der Waals surface area contributed by atoms with Crippen LogP contribution in [0.4, 0.5) is 0 Å². The van der Waals surface area contributed by atoms with Crippen LogP contribution in [0.25, 0.3) is 22.3 Å². The number of fused-ring (bicyclic) bond motifs is 1. The molecule has 3 heterocycles. The predicted molar refractivity (Wildman–Crippen MR) is 98.7 cm³/mol. The monoisotopic (exact) mass is 353 g/mol. The van der Waals surface area contributed by atoms with Gasteiger partial charge in [-0.25, -0.2) is 14.6 Å². The molecule has 0 aliphatic heterocycles. The van der Waals surface area contributed by atoms with Gasteiger partial charge in [0.25, 0.3) is 0 Å². The molecule has 6 nitrogen and oxygen atoms in total. The van der Waals surface area contributed by atoms with Gasteiger partial charge in [0.1, 0.15) is 5.82 Å². The van der Waals surface area contributed by atoms with E-state index in [1.165, 1.54) is 4.88 Å². The van der Waals surface area contributed by atoms with Crippen LogP contribution >= 0.6 is 11.3 Å². The lowest BCUT2D eigenvalue weighted by Gasteiger charge is -2.03. The first kappa shape index (κ1) is 16.0. The fraction of sp³-hybridized carbons (Fsp3) is 0.278. The summed E-state index contributed by atoms with van der Waals surface area (Å²) in [5, 5.41) is 15.1. The molecule has 0 radical (unpaired) electrons. The molecule has 4 aromatic rings. The molecule has 4 rings (SSSR count). The summed E-state index contributed by atoms with van der Waals surface area (Å²) in [5.74, 6) is 1.59. The van der Waals surface area contributed by atoms with Crippen LogP contribution in [0, 0.1) is 6.92 Å². The third kappa shape index (κ3) is 3.08. The van der Waals surface area contributed by atoms with Crippen molar-refractivity contribution in [3.63, 3.8) is 0 Å². The highest BCUT2D eigenvalue weighted by molar-refractivity contribution is 7.09. The summed E-state index contributed by atoms with van der Waals surface area (Å²) in [7, 11) is 0. The topological polar surface area (TPSA) is 79.6 Å². The van der Waals surface area contributed by atoms with Crippen molar-refractivity contribution in [3.8, 4) is 11.4 Å². The van der Waals surface area contributed by atoms with Crippen molar-refractivity contribution in [1.29, 1.82) is 0 Å². The van der Waals surface area contributed by atoms with Gasteiger partial charge in [-0.2, -0.15) is 5.10 Å². The fourth-order valence-electron chi connectivity index (χ4n) is 3.00. The Kier molecular flexibility index (Phi) is 4.33. The Morgan fingerprint density at radius 2 is 2.12 bits per heavy atom. The third-order valence-electron chi connectivity index (χ3n) is 4.31. The lowest BCUT2D eigenvalue weighted by molar-refractivity contribution is 0.267. The van der Waals surface area contributed by atoms with Gasteiger partial charge in [-0.1, -0.05) is 18.2 Å². The van der Waals surface area contributed by atoms with Gasteiger partial charge in [0.15, 0.2) is 5.82 Å². The SMILES string of the molecule is Cc1ncsc1CCc1nc(-c2c[nH]c3ccccc23)nn1CCO. The van der Waals surface area contributed by atoms with Gasteiger partial charge in [0, 0.05) is 34.0 Å². The molecule has 25 heavy (non-hydrogen) atoms. The number of aliphatic hydroxyl groups excluding tert-OH is 1. The van der Waals surface area contributed by atoms with Gasteiger partial charge in [0.2, 0.25) is 0 Å². The number of thiazole rings is 1. The van der Waals surface area contributed by atoms with Crippen LogP contribution in [0.1, 0.15) is 16.4 Å². The number of aryl methyl sites for hydroxylation is 3. The van der Waals surface area contributed by atoms with Crippen LogP contribution in [-0.2, 0) is 19.4 Å². The van der Waals surface area contributed by atoms with E-state index in [4.69, 9.17) is 4.98 Å². The van der Waals surface area contributed by atoms with Crippen LogP contribution in [0.2, 0.25) is 0 Å². The summed E-state index contributed by atoms with van der Waals surface area (Å²) in [6, 6.07) is 8.12. The standard InChI is InChI=1S/C18H19N5OS/c1-12-16(25-11-20-12)6-7-17-21-18(22-23(17)8-9-24)14-10-19-15-5-3-2-4-13(14)15/h2-5,10-11,19,24H,6-9H2,1H3. The van der Waals surface area contributed by atoms with E-state index in [9.17, 15) is 5.11 Å². The molecule has 128 valence electrons. The molecule has 7 heteroatoms. The predicted octanol–water partition coefficient (Wildman–Crippen LogP) is 2.97. The van der Waals surface area contributed by atoms with Crippen molar-refractivity contribution in [2.45, 2.75) is 26.3 Å². The zero-order valence-electron chi connectivity index (χ0n) is 13.9. The van der Waals surface area contributed by atoms with Crippen molar-refractivity contribution in [2.75, 3.05) is 6.61 Å². The molecule has 0 aliphatic rings. The lowest BCUT2D eigenvalue weighted by Crippen LogP contribution is -2.09. The summed E-state index contributed by atoms with van der Waals surface area (Å²) in [6.07, 6.45) is 3.60. The lowest BCUT2D eigenvalue weighted by atomic mass is 10.2. The molecule has 0 atom stereocenters. The molecular weight excluding hydrogens is 334 g/mol. The van der Waals surface area contributed by atoms with Crippen molar-refractivity contribution in [1.82, 2.24) is 24.7 Å². The smallest absolute Gasteiger partial charge is 0.183 e. The Hall–Kier alpha value is -2.51. The number of nitrogens with zero attached hydrogens (tertiary/aromatic N) is 4. The van der Waals surface area contributed by atoms with Gasteiger partial charge in [-0.15, -0.1) is 11.3 Å². The number of aromatic amines is 1. The third-order valence-corrected chi connectivity index (χ3v) is 5.31. The van der Waals surface area contributed by atoms with E-state index in [1.807, 2.05) is 41.5 Å². The van der Waals surface area contributed by atoms with Crippen molar-refractivity contribution in [3.05, 3.63) is 52.4 Å². The summed E-state index contributed by atoms with van der Waals surface area (Å²) >= 11 is 1.67. The van der Waals surface area contributed by atoms with Crippen LogP contribution in [0.3, 0.4) is 0 Å². The zero-order valence-corrected chi connectivity index (χ0v) is 14.8. The molecule has 0 saturated carbocycles. The number of hydrogen-bond donors (Lipinski definition) is 2. The zero-order chi connectivity index (χ0) is 17.2. The maximum Gasteiger partial charge on any atom is 0.183 e. The first-order chi connectivity index (χ1) is 12.3. The van der Waals surface area contributed by atoms with Crippen LogP contribution in [-0.4, -0.2) is 36.4 Å². The van der Waals surface area contributed by atoms with Gasteiger partial charge in [0.05, 0.1) is 24.4 Å². The first-order valence-corrected chi connectivity index (χ1v) is 9.14. The van der Waals surface area contributed by atoms with E-state index in [2.05, 4.69) is 21.1 Å². The van der Waals surface area contributed by atoms with Gasteiger partial charge in [-0.3, -0.25) is 0 Å². The Bertz CT molecular complexity index is 1000. The minimum absolute atomic E-state index is 0.0449. The minimum Gasteiger partial charge on any atom is -0.394 e. The van der Waals surface area contributed by atoms with Crippen LogP contribution in [0.5, 0.6) is 0 Å². The maximum absolute atomic E-state index is 9.35. The Labute approximate surface area is 149 Å². The highest BCUT2D eigenvalue weighted by Gasteiger charge is 2.15. The van der Waals surface area contributed by atoms with Crippen LogP contribution in [0.15, 0.2) is 36.0 Å². The largest absolute Gasteiger partial charge is 0.394 e. The number of rotatable bonds is 6. The molecule has 0 spiro atoms. The second-order valence-corrected chi connectivity index (χ2v) is 6.85. The number of para-hydroxylation sites is 1. The molecule has 0 fully saturated rings. The van der Waals surface area contributed by atoms with E-state index in [1.54, 1.807) is 11.3 Å². The van der Waals surface area contributed by atoms with Gasteiger partial charge in [-0.05, 0) is 19.4 Å². The maximum atomic E-state index is 9.35. The van der Waals surface area contributed by atoms with Crippen molar-refractivity contribution >= 4 is 22.2 Å². The van der Waals surface area contributed by atoms with Crippen molar-refractivity contribution in [2.24, 2.45) is 0 Å². The second kappa shape index (κ2) is 6.78. The van der Waals surface area contributed by atoms with E-state index in [0.717, 1.165) is 40.8 Å². The van der Waals surface area contributed by atoms with Crippen LogP contribution < -0.4 is 0 Å². The first-order valence-electron chi connectivity index (χ1n) is 8.26. The average Bonchev–Trinajstić information content (AvgIpc) is 3.32. The molecule has 2 N–H and O–H groups in total.